The minimum Gasteiger partial charge on any atom is -0.449 e. The lowest BCUT2D eigenvalue weighted by atomic mass is 10.2. The zero-order chi connectivity index (χ0) is 21.7. The van der Waals surface area contributed by atoms with Crippen molar-refractivity contribution in [3.05, 3.63) is 75.5 Å². The highest BCUT2D eigenvalue weighted by Gasteiger charge is 2.17. The average molecular weight is 428 g/mol. The quantitative estimate of drug-likeness (QED) is 0.458. The van der Waals surface area contributed by atoms with E-state index in [0.717, 1.165) is 21.8 Å². The van der Waals surface area contributed by atoms with Gasteiger partial charge in [-0.15, -0.1) is 11.3 Å². The van der Waals surface area contributed by atoms with Crippen LogP contribution >= 0.6 is 11.3 Å². The van der Waals surface area contributed by atoms with Crippen molar-refractivity contribution in [2.75, 3.05) is 0 Å². The second kappa shape index (κ2) is 9.49. The van der Waals surface area contributed by atoms with Crippen LogP contribution in [0, 0.1) is 19.7 Å². The molecule has 8 heteroatoms. The van der Waals surface area contributed by atoms with E-state index in [-0.39, 0.29) is 11.7 Å². The maximum Gasteiger partial charge on any atom is 0.331 e. The molecule has 1 aromatic carbocycles. The lowest BCUT2D eigenvalue weighted by molar-refractivity contribution is -0.150. The fraction of sp³-hybridized carbons (Fsp3) is 0.227. The van der Waals surface area contributed by atoms with E-state index in [2.05, 4.69) is 10.4 Å². The molecule has 0 saturated heterocycles. The molecule has 2 aromatic heterocycles. The SMILES string of the molecule is Cc1nn(-c2ccc(F)cc2)c(C)c1/C=C/C(=O)OC(C)C(=O)NCc1cccs1. The Morgan fingerprint density at radius 2 is 2.00 bits per heavy atom. The molecule has 1 amide bonds. The number of benzene rings is 1. The molecule has 6 nitrogen and oxygen atoms in total. The summed E-state index contributed by atoms with van der Waals surface area (Å²) in [5.74, 6) is -1.31. The predicted octanol–water partition coefficient (Wildman–Crippen LogP) is 3.95. The molecule has 1 N–H and O–H groups in total. The fourth-order valence-electron chi connectivity index (χ4n) is 2.88. The van der Waals surface area contributed by atoms with Crippen molar-refractivity contribution in [3.63, 3.8) is 0 Å². The van der Waals surface area contributed by atoms with Gasteiger partial charge in [-0.2, -0.15) is 5.10 Å². The van der Waals surface area contributed by atoms with Gasteiger partial charge in [0, 0.05) is 22.2 Å². The number of amides is 1. The maximum atomic E-state index is 13.2. The third-order valence-corrected chi connectivity index (χ3v) is 5.36. The summed E-state index contributed by atoms with van der Waals surface area (Å²) >= 11 is 1.54. The van der Waals surface area contributed by atoms with Crippen molar-refractivity contribution < 1.29 is 18.7 Å². The summed E-state index contributed by atoms with van der Waals surface area (Å²) in [4.78, 5) is 25.3. The number of hydrogen-bond donors (Lipinski definition) is 1. The molecule has 2 heterocycles. The minimum absolute atomic E-state index is 0.323. The monoisotopic (exact) mass is 427 g/mol. The van der Waals surface area contributed by atoms with Crippen molar-refractivity contribution in [2.45, 2.75) is 33.4 Å². The van der Waals surface area contributed by atoms with E-state index in [1.165, 1.54) is 36.5 Å². The Labute approximate surface area is 178 Å². The van der Waals surface area contributed by atoms with Crippen LogP contribution in [0.1, 0.15) is 28.8 Å². The first-order valence-electron chi connectivity index (χ1n) is 9.36. The van der Waals surface area contributed by atoms with Gasteiger partial charge < -0.3 is 10.1 Å². The fourth-order valence-corrected chi connectivity index (χ4v) is 3.52. The first kappa shape index (κ1) is 21.4. The van der Waals surface area contributed by atoms with Crippen LogP contribution in [0.2, 0.25) is 0 Å². The van der Waals surface area contributed by atoms with Crippen LogP contribution < -0.4 is 5.32 Å². The van der Waals surface area contributed by atoms with Crippen molar-refractivity contribution in [3.8, 4) is 5.69 Å². The number of aromatic nitrogens is 2. The normalized spacial score (nSPS) is 12.1. The summed E-state index contributed by atoms with van der Waals surface area (Å²) in [7, 11) is 0. The third kappa shape index (κ3) is 5.21. The largest absolute Gasteiger partial charge is 0.449 e. The number of nitrogens with one attached hydrogen (secondary N) is 1. The minimum atomic E-state index is -0.911. The van der Waals surface area contributed by atoms with Gasteiger partial charge in [0.25, 0.3) is 5.91 Å². The van der Waals surface area contributed by atoms with Crippen LogP contribution in [0.4, 0.5) is 4.39 Å². The Morgan fingerprint density at radius 1 is 1.27 bits per heavy atom. The van der Waals surface area contributed by atoms with E-state index in [1.54, 1.807) is 22.9 Å². The summed E-state index contributed by atoms with van der Waals surface area (Å²) in [6.45, 7) is 5.60. The Morgan fingerprint density at radius 3 is 2.67 bits per heavy atom. The van der Waals surface area contributed by atoms with E-state index in [4.69, 9.17) is 4.74 Å². The smallest absolute Gasteiger partial charge is 0.331 e. The maximum absolute atomic E-state index is 13.2. The topological polar surface area (TPSA) is 73.2 Å². The van der Waals surface area contributed by atoms with Gasteiger partial charge in [0.2, 0.25) is 0 Å². The molecule has 0 aliphatic carbocycles. The molecular weight excluding hydrogens is 405 g/mol. The van der Waals surface area contributed by atoms with Gasteiger partial charge in [0.05, 0.1) is 17.9 Å². The van der Waals surface area contributed by atoms with Gasteiger partial charge >= 0.3 is 5.97 Å². The van der Waals surface area contributed by atoms with Crippen LogP contribution in [0.15, 0.2) is 47.9 Å². The second-order valence-electron chi connectivity index (χ2n) is 6.68. The second-order valence-corrected chi connectivity index (χ2v) is 7.71. The number of halogens is 1. The van der Waals surface area contributed by atoms with Crippen molar-refractivity contribution in [1.29, 1.82) is 0 Å². The van der Waals surface area contributed by atoms with Crippen LogP contribution in [0.3, 0.4) is 0 Å². The molecular formula is C22H22FN3O3S. The summed E-state index contributed by atoms with van der Waals surface area (Å²) < 4.78 is 20.0. The molecule has 30 heavy (non-hydrogen) atoms. The summed E-state index contributed by atoms with van der Waals surface area (Å²) in [5.41, 5.74) is 2.98. The first-order chi connectivity index (χ1) is 14.3. The number of nitrogens with zero attached hydrogens (tertiary/aromatic N) is 2. The average Bonchev–Trinajstić information content (AvgIpc) is 3.33. The molecule has 156 valence electrons. The Balaban J connectivity index is 1.61. The van der Waals surface area contributed by atoms with Gasteiger partial charge in [0.15, 0.2) is 6.10 Å². The number of ether oxygens (including phenoxy) is 1. The summed E-state index contributed by atoms with van der Waals surface area (Å²) in [6.07, 6.45) is 1.97. The van der Waals surface area contributed by atoms with E-state index in [9.17, 15) is 14.0 Å². The van der Waals surface area contributed by atoms with Crippen molar-refractivity contribution >= 4 is 29.3 Å². The highest BCUT2D eigenvalue weighted by molar-refractivity contribution is 7.09. The van der Waals surface area contributed by atoms with Gasteiger partial charge in [-0.3, -0.25) is 4.79 Å². The molecule has 1 unspecified atom stereocenters. The van der Waals surface area contributed by atoms with E-state index in [1.807, 2.05) is 31.4 Å². The lowest BCUT2D eigenvalue weighted by Gasteiger charge is -2.11. The number of hydrogen-bond acceptors (Lipinski definition) is 5. The molecule has 0 aliphatic rings. The van der Waals surface area contributed by atoms with Gasteiger partial charge in [-0.25, -0.2) is 13.9 Å². The Bertz CT molecular complexity index is 1060. The summed E-state index contributed by atoms with van der Waals surface area (Å²) in [5, 5.41) is 9.12. The predicted molar refractivity (Wildman–Crippen MR) is 114 cm³/mol. The van der Waals surface area contributed by atoms with Crippen LogP contribution in [-0.2, 0) is 20.9 Å². The summed E-state index contributed by atoms with van der Waals surface area (Å²) in [6, 6.07) is 9.82. The molecule has 3 aromatic rings. The van der Waals surface area contributed by atoms with Gasteiger partial charge in [-0.1, -0.05) is 6.07 Å². The molecule has 0 bridgehead atoms. The first-order valence-corrected chi connectivity index (χ1v) is 10.2. The Kier molecular flexibility index (Phi) is 6.79. The lowest BCUT2D eigenvalue weighted by Crippen LogP contribution is -2.34. The van der Waals surface area contributed by atoms with Crippen LogP contribution in [0.25, 0.3) is 11.8 Å². The van der Waals surface area contributed by atoms with E-state index in [0.29, 0.717) is 12.2 Å². The standard InChI is InChI=1S/C22H22FN3O3S/c1-14-20(15(2)26(25-14)18-8-6-17(23)7-9-18)10-11-21(27)29-16(3)22(28)24-13-19-5-4-12-30-19/h4-12,16H,13H2,1-3H3,(H,24,28)/b11-10+. The van der Waals surface area contributed by atoms with Crippen LogP contribution in [-0.4, -0.2) is 27.8 Å². The van der Waals surface area contributed by atoms with E-state index < -0.39 is 12.1 Å². The molecule has 1 atom stereocenters. The van der Waals surface area contributed by atoms with Crippen molar-refractivity contribution in [2.24, 2.45) is 0 Å². The Hall–Kier alpha value is -3.26. The zero-order valence-corrected chi connectivity index (χ0v) is 17.7. The van der Waals surface area contributed by atoms with Crippen molar-refractivity contribution in [1.82, 2.24) is 15.1 Å². The van der Waals surface area contributed by atoms with Gasteiger partial charge in [-0.05, 0) is 62.6 Å². The highest BCUT2D eigenvalue weighted by atomic mass is 32.1. The third-order valence-electron chi connectivity index (χ3n) is 4.48. The van der Waals surface area contributed by atoms with Gasteiger partial charge in [0.1, 0.15) is 5.82 Å². The number of esters is 1. The molecule has 0 fully saturated rings. The number of carbonyl (C=O) groups excluding carboxylic acids is 2. The molecule has 0 saturated carbocycles. The molecule has 0 radical (unpaired) electrons. The number of aryl methyl sites for hydroxylation is 1. The van der Waals surface area contributed by atoms with E-state index >= 15 is 0 Å². The number of thiophene rings is 1. The molecule has 3 rings (SSSR count). The number of rotatable bonds is 7. The molecule has 0 spiro atoms. The van der Waals surface area contributed by atoms with Crippen LogP contribution in [0.5, 0.6) is 0 Å². The zero-order valence-electron chi connectivity index (χ0n) is 16.9. The molecule has 0 aliphatic heterocycles. The number of carbonyl (C=O) groups is 2. The highest BCUT2D eigenvalue weighted by Crippen LogP contribution is 2.19.